The molecule has 5 heteroatoms. The summed E-state index contributed by atoms with van der Waals surface area (Å²) in [4.78, 5) is 13.7. The molecule has 0 bridgehead atoms. The lowest BCUT2D eigenvalue weighted by Gasteiger charge is -2.31. The highest BCUT2D eigenvalue weighted by Gasteiger charge is 2.21. The molecule has 18 heavy (non-hydrogen) atoms. The zero-order valence-corrected chi connectivity index (χ0v) is 10.2. The first-order valence-corrected chi connectivity index (χ1v) is 5.87. The number of benzene rings is 1. The standard InChI is InChI=1S/C13H15N3O2/c1-10-9-16(6-7-18-10)13(17)15-12-4-2-11(8-14)3-5-12/h2-5,10H,6-7,9H2,1H3,(H,15,17)/t10-/m1/s1. The second-order valence-corrected chi connectivity index (χ2v) is 4.25. The van der Waals surface area contributed by atoms with Crippen LogP contribution in [0.5, 0.6) is 0 Å². The molecule has 1 N–H and O–H groups in total. The highest BCUT2D eigenvalue weighted by atomic mass is 16.5. The zero-order chi connectivity index (χ0) is 13.0. The molecule has 1 atom stereocenters. The second-order valence-electron chi connectivity index (χ2n) is 4.25. The lowest BCUT2D eigenvalue weighted by Crippen LogP contribution is -2.46. The van der Waals surface area contributed by atoms with Crippen molar-refractivity contribution in [3.05, 3.63) is 29.8 Å². The number of amides is 2. The number of hydrogen-bond acceptors (Lipinski definition) is 3. The largest absolute Gasteiger partial charge is 0.375 e. The average molecular weight is 245 g/mol. The summed E-state index contributed by atoms with van der Waals surface area (Å²) in [7, 11) is 0. The van der Waals surface area contributed by atoms with Crippen molar-refractivity contribution in [3.63, 3.8) is 0 Å². The summed E-state index contributed by atoms with van der Waals surface area (Å²) in [6.07, 6.45) is 0.0745. The predicted molar refractivity (Wildman–Crippen MR) is 67.2 cm³/mol. The van der Waals surface area contributed by atoms with Gasteiger partial charge in [0.25, 0.3) is 0 Å². The van der Waals surface area contributed by atoms with E-state index in [1.807, 2.05) is 13.0 Å². The van der Waals surface area contributed by atoms with Gasteiger partial charge in [-0.1, -0.05) is 0 Å². The van der Waals surface area contributed by atoms with Gasteiger partial charge in [-0.3, -0.25) is 0 Å². The van der Waals surface area contributed by atoms with E-state index in [0.29, 0.717) is 30.9 Å². The maximum atomic E-state index is 12.0. The molecule has 1 fully saturated rings. The lowest BCUT2D eigenvalue weighted by atomic mass is 10.2. The molecule has 0 aliphatic carbocycles. The Morgan fingerprint density at radius 1 is 1.50 bits per heavy atom. The van der Waals surface area contributed by atoms with Crippen LogP contribution in [0.25, 0.3) is 0 Å². The Hall–Kier alpha value is -2.06. The van der Waals surface area contributed by atoms with Gasteiger partial charge < -0.3 is 15.0 Å². The third kappa shape index (κ3) is 2.99. The summed E-state index contributed by atoms with van der Waals surface area (Å²) in [6.45, 7) is 3.72. The second kappa shape index (κ2) is 5.52. The topological polar surface area (TPSA) is 65.4 Å². The maximum absolute atomic E-state index is 12.0. The number of morpholine rings is 1. The van der Waals surface area contributed by atoms with Gasteiger partial charge in [-0.15, -0.1) is 0 Å². The fraction of sp³-hybridized carbons (Fsp3) is 0.385. The normalized spacial score (nSPS) is 19.1. The maximum Gasteiger partial charge on any atom is 0.322 e. The molecule has 0 spiro atoms. The number of ether oxygens (including phenoxy) is 1. The van der Waals surface area contributed by atoms with Crippen LogP contribution in [0.1, 0.15) is 12.5 Å². The molecule has 1 aromatic carbocycles. The molecule has 1 heterocycles. The monoisotopic (exact) mass is 245 g/mol. The first-order chi connectivity index (χ1) is 8.69. The van der Waals surface area contributed by atoms with Gasteiger partial charge in [0.15, 0.2) is 0 Å². The van der Waals surface area contributed by atoms with Gasteiger partial charge in [-0.2, -0.15) is 5.26 Å². The minimum atomic E-state index is -0.130. The smallest absolute Gasteiger partial charge is 0.322 e. The SMILES string of the molecule is C[C@@H]1CN(C(=O)Nc2ccc(C#N)cc2)CCO1. The van der Waals surface area contributed by atoms with Crippen molar-refractivity contribution < 1.29 is 9.53 Å². The minimum absolute atomic E-state index is 0.0745. The van der Waals surface area contributed by atoms with E-state index in [-0.39, 0.29) is 12.1 Å². The van der Waals surface area contributed by atoms with Crippen molar-refractivity contribution in [1.82, 2.24) is 4.90 Å². The van der Waals surface area contributed by atoms with Crippen molar-refractivity contribution in [2.75, 3.05) is 25.0 Å². The van der Waals surface area contributed by atoms with Gasteiger partial charge in [0.1, 0.15) is 0 Å². The third-order valence-corrected chi connectivity index (χ3v) is 2.79. The van der Waals surface area contributed by atoms with Crippen LogP contribution in [0.2, 0.25) is 0 Å². The van der Waals surface area contributed by atoms with Crippen molar-refractivity contribution in [2.45, 2.75) is 13.0 Å². The number of hydrogen-bond donors (Lipinski definition) is 1. The van der Waals surface area contributed by atoms with Crippen molar-refractivity contribution in [2.24, 2.45) is 0 Å². The fourth-order valence-corrected chi connectivity index (χ4v) is 1.83. The summed E-state index contributed by atoms with van der Waals surface area (Å²) < 4.78 is 5.38. The number of carbonyl (C=O) groups is 1. The quantitative estimate of drug-likeness (QED) is 0.820. The molecule has 5 nitrogen and oxygen atoms in total. The summed E-state index contributed by atoms with van der Waals surface area (Å²) in [5, 5.41) is 11.5. The Morgan fingerprint density at radius 2 is 2.22 bits per heavy atom. The third-order valence-electron chi connectivity index (χ3n) is 2.79. The highest BCUT2D eigenvalue weighted by Crippen LogP contribution is 2.11. The molecule has 2 rings (SSSR count). The van der Waals surface area contributed by atoms with Crippen molar-refractivity contribution >= 4 is 11.7 Å². The van der Waals surface area contributed by atoms with Crippen LogP contribution >= 0.6 is 0 Å². The number of nitriles is 1. The van der Waals surface area contributed by atoms with Gasteiger partial charge >= 0.3 is 6.03 Å². The summed E-state index contributed by atoms with van der Waals surface area (Å²) in [6, 6.07) is 8.71. The van der Waals surface area contributed by atoms with Crippen LogP contribution in [-0.2, 0) is 4.74 Å². The summed E-state index contributed by atoms with van der Waals surface area (Å²) in [5.41, 5.74) is 1.27. The minimum Gasteiger partial charge on any atom is -0.375 e. The van der Waals surface area contributed by atoms with Gasteiger partial charge in [-0.25, -0.2) is 4.79 Å². The summed E-state index contributed by atoms with van der Waals surface area (Å²) in [5.74, 6) is 0. The Morgan fingerprint density at radius 3 is 2.83 bits per heavy atom. The Kier molecular flexibility index (Phi) is 3.80. The molecular weight excluding hydrogens is 230 g/mol. The number of urea groups is 1. The van der Waals surface area contributed by atoms with Gasteiger partial charge in [-0.05, 0) is 31.2 Å². The fourth-order valence-electron chi connectivity index (χ4n) is 1.83. The number of rotatable bonds is 1. The van der Waals surface area contributed by atoms with E-state index >= 15 is 0 Å². The molecule has 1 saturated heterocycles. The summed E-state index contributed by atoms with van der Waals surface area (Å²) >= 11 is 0. The molecule has 0 aromatic heterocycles. The van der Waals surface area contributed by atoms with E-state index in [1.165, 1.54) is 0 Å². The molecule has 0 saturated carbocycles. The van der Waals surface area contributed by atoms with Gasteiger partial charge in [0, 0.05) is 18.8 Å². The number of carbonyl (C=O) groups excluding carboxylic acids is 1. The molecule has 1 aliphatic rings. The first-order valence-electron chi connectivity index (χ1n) is 5.87. The number of nitrogens with zero attached hydrogens (tertiary/aromatic N) is 2. The molecule has 0 radical (unpaired) electrons. The van der Waals surface area contributed by atoms with E-state index in [2.05, 4.69) is 5.32 Å². The van der Waals surface area contributed by atoms with Gasteiger partial charge in [0.05, 0.1) is 24.3 Å². The molecule has 0 unspecified atom stereocenters. The Labute approximate surface area is 106 Å². The highest BCUT2D eigenvalue weighted by molar-refractivity contribution is 5.89. The average Bonchev–Trinajstić information content (AvgIpc) is 2.39. The van der Waals surface area contributed by atoms with Crippen LogP contribution in [0.15, 0.2) is 24.3 Å². The van der Waals surface area contributed by atoms with E-state index in [4.69, 9.17) is 10.00 Å². The zero-order valence-electron chi connectivity index (χ0n) is 10.2. The van der Waals surface area contributed by atoms with Crippen LogP contribution in [0.4, 0.5) is 10.5 Å². The van der Waals surface area contributed by atoms with E-state index in [1.54, 1.807) is 29.2 Å². The van der Waals surface area contributed by atoms with E-state index in [0.717, 1.165) is 0 Å². The number of anilines is 1. The van der Waals surface area contributed by atoms with Crippen molar-refractivity contribution in [1.29, 1.82) is 5.26 Å². The molecule has 94 valence electrons. The molecule has 1 aromatic rings. The van der Waals surface area contributed by atoms with Crippen LogP contribution in [-0.4, -0.2) is 36.7 Å². The molecule has 2 amide bonds. The molecular formula is C13H15N3O2. The van der Waals surface area contributed by atoms with Crippen LogP contribution < -0.4 is 5.32 Å². The van der Waals surface area contributed by atoms with Crippen molar-refractivity contribution in [3.8, 4) is 6.07 Å². The Balaban J connectivity index is 1.96. The van der Waals surface area contributed by atoms with Gasteiger partial charge in [0.2, 0.25) is 0 Å². The van der Waals surface area contributed by atoms with E-state index < -0.39 is 0 Å². The lowest BCUT2D eigenvalue weighted by molar-refractivity contribution is -0.00138. The van der Waals surface area contributed by atoms with Crippen LogP contribution in [0.3, 0.4) is 0 Å². The van der Waals surface area contributed by atoms with Crippen LogP contribution in [0, 0.1) is 11.3 Å². The number of nitrogens with one attached hydrogen (secondary N) is 1. The van der Waals surface area contributed by atoms with E-state index in [9.17, 15) is 4.79 Å². The predicted octanol–water partition coefficient (Wildman–Crippen LogP) is 1.81. The first kappa shape index (κ1) is 12.4. The Bertz CT molecular complexity index is 464. The molecule has 1 aliphatic heterocycles.